The number of rotatable bonds is 2. The molecule has 0 aromatic carbocycles. The lowest BCUT2D eigenvalue weighted by atomic mass is 9.81. The number of Topliss-reactive ketones (excluding diaryl/α,β-unsaturated/α-hetero) is 2. The van der Waals surface area contributed by atoms with Crippen molar-refractivity contribution in [3.63, 3.8) is 0 Å². The summed E-state index contributed by atoms with van der Waals surface area (Å²) in [5.74, 6) is -0.718. The van der Waals surface area contributed by atoms with E-state index in [0.717, 1.165) is 28.2 Å². The minimum absolute atomic E-state index is 0.0119. The number of ketones is 2. The highest BCUT2D eigenvalue weighted by Crippen LogP contribution is 2.53. The third-order valence-corrected chi connectivity index (χ3v) is 7.66. The summed E-state index contributed by atoms with van der Waals surface area (Å²) >= 11 is 3.37. The molecule has 2 aromatic heterocycles. The van der Waals surface area contributed by atoms with Crippen LogP contribution in [0.15, 0.2) is 23.6 Å². The summed E-state index contributed by atoms with van der Waals surface area (Å²) in [5, 5.41) is 2.05. The van der Waals surface area contributed by atoms with Gasteiger partial charge in [-0.15, -0.1) is 22.7 Å². The molecular weight excluding hydrogens is 328 g/mol. The molecular formula is C18H16O3S2. The molecule has 118 valence electrons. The van der Waals surface area contributed by atoms with E-state index < -0.39 is 5.92 Å². The van der Waals surface area contributed by atoms with Crippen LogP contribution in [0.5, 0.6) is 0 Å². The molecule has 3 fully saturated rings. The fourth-order valence-corrected chi connectivity index (χ4v) is 6.44. The molecule has 5 heteroatoms. The molecule has 3 nitrogen and oxygen atoms in total. The topological polar surface area (TPSA) is 43.4 Å². The molecule has 2 bridgehead atoms. The highest BCUT2D eigenvalue weighted by atomic mass is 32.1. The first-order valence-corrected chi connectivity index (χ1v) is 9.72. The first kappa shape index (κ1) is 14.1. The second kappa shape index (κ2) is 4.85. The standard InChI is InChI=1S/C18H16O3S2/c1-8-9(7-13(23-8)12-3-2-6-22-12)14-17(19)15-10-4-5-11(21-10)16(15)18(14)20/h2-3,6-7,10-11,14-16H,4-5H2,1H3/t10-,11+,14?,15-,16+. The van der Waals surface area contributed by atoms with Crippen molar-refractivity contribution in [3.05, 3.63) is 34.0 Å². The summed E-state index contributed by atoms with van der Waals surface area (Å²) in [7, 11) is 0. The fourth-order valence-electron chi connectivity index (χ4n) is 4.56. The minimum Gasteiger partial charge on any atom is -0.373 e. The molecule has 2 aliphatic heterocycles. The third kappa shape index (κ3) is 1.84. The SMILES string of the molecule is Cc1sc(-c2cccs2)cc1C1C(=O)[C@@H]2[C@H](C1=O)[C@H]1CC[C@@H]2O1. The summed E-state index contributed by atoms with van der Waals surface area (Å²) < 4.78 is 5.82. The van der Waals surface area contributed by atoms with Crippen LogP contribution < -0.4 is 0 Å². The van der Waals surface area contributed by atoms with Gasteiger partial charge < -0.3 is 4.74 Å². The Morgan fingerprint density at radius 1 is 1.09 bits per heavy atom. The Labute approximate surface area is 142 Å². The summed E-state index contributed by atoms with van der Waals surface area (Å²) in [6, 6.07) is 6.18. The van der Waals surface area contributed by atoms with Gasteiger partial charge in [0.05, 0.1) is 24.0 Å². The largest absolute Gasteiger partial charge is 0.373 e. The predicted octanol–water partition coefficient (Wildman–Crippen LogP) is 3.81. The molecule has 0 radical (unpaired) electrons. The van der Waals surface area contributed by atoms with E-state index in [-0.39, 0.29) is 35.6 Å². The maximum Gasteiger partial charge on any atom is 0.154 e. The molecule has 3 aliphatic rings. The van der Waals surface area contributed by atoms with E-state index in [0.29, 0.717) is 0 Å². The number of aryl methyl sites for hydroxylation is 1. The van der Waals surface area contributed by atoms with Crippen molar-refractivity contribution < 1.29 is 14.3 Å². The maximum absolute atomic E-state index is 12.9. The van der Waals surface area contributed by atoms with Crippen LogP contribution >= 0.6 is 22.7 Å². The zero-order valence-electron chi connectivity index (χ0n) is 12.7. The van der Waals surface area contributed by atoms with Gasteiger partial charge in [0, 0.05) is 14.6 Å². The molecule has 0 spiro atoms. The van der Waals surface area contributed by atoms with Gasteiger partial charge in [0.1, 0.15) is 5.92 Å². The van der Waals surface area contributed by atoms with Gasteiger partial charge in [-0.25, -0.2) is 0 Å². The molecule has 1 saturated carbocycles. The van der Waals surface area contributed by atoms with Crippen molar-refractivity contribution in [2.45, 2.75) is 37.9 Å². The fraction of sp³-hybridized carbons (Fsp3) is 0.444. The lowest BCUT2D eigenvalue weighted by molar-refractivity contribution is -0.127. The van der Waals surface area contributed by atoms with Gasteiger partial charge in [-0.05, 0) is 42.8 Å². The molecule has 0 N–H and O–H groups in total. The first-order chi connectivity index (χ1) is 11.1. The summed E-state index contributed by atoms with van der Waals surface area (Å²) in [4.78, 5) is 29.3. The van der Waals surface area contributed by atoms with E-state index in [1.165, 1.54) is 4.88 Å². The van der Waals surface area contributed by atoms with E-state index in [1.54, 1.807) is 22.7 Å². The van der Waals surface area contributed by atoms with Crippen molar-refractivity contribution in [3.8, 4) is 9.75 Å². The summed E-state index contributed by atoms with van der Waals surface area (Å²) in [6.45, 7) is 2.02. The van der Waals surface area contributed by atoms with Crippen molar-refractivity contribution >= 4 is 34.2 Å². The number of carbonyl (C=O) groups excluding carboxylic acids is 2. The average Bonchev–Trinajstić information content (AvgIpc) is 3.30. The van der Waals surface area contributed by atoms with Gasteiger partial charge in [0.25, 0.3) is 0 Å². The van der Waals surface area contributed by atoms with Gasteiger partial charge >= 0.3 is 0 Å². The molecule has 23 heavy (non-hydrogen) atoms. The first-order valence-electron chi connectivity index (χ1n) is 8.02. The number of hydrogen-bond donors (Lipinski definition) is 0. The van der Waals surface area contributed by atoms with E-state index in [4.69, 9.17) is 4.74 Å². The predicted molar refractivity (Wildman–Crippen MR) is 90.0 cm³/mol. The van der Waals surface area contributed by atoms with Gasteiger partial charge in [-0.1, -0.05) is 6.07 Å². The number of fused-ring (bicyclic) bond motifs is 5. The molecule has 0 amide bonds. The zero-order valence-corrected chi connectivity index (χ0v) is 14.3. The highest BCUT2D eigenvalue weighted by molar-refractivity contribution is 7.21. The van der Waals surface area contributed by atoms with Crippen LogP contribution in [0.2, 0.25) is 0 Å². The monoisotopic (exact) mass is 344 g/mol. The highest BCUT2D eigenvalue weighted by Gasteiger charge is 2.63. The van der Waals surface area contributed by atoms with Crippen molar-refractivity contribution in [1.29, 1.82) is 0 Å². The molecule has 2 saturated heterocycles. The van der Waals surface area contributed by atoms with Crippen LogP contribution in [0.1, 0.15) is 29.2 Å². The average molecular weight is 344 g/mol. The van der Waals surface area contributed by atoms with E-state index in [2.05, 4.69) is 17.5 Å². The second-order valence-electron chi connectivity index (χ2n) is 6.68. The second-order valence-corrected chi connectivity index (χ2v) is 8.88. The van der Waals surface area contributed by atoms with E-state index in [1.807, 2.05) is 13.0 Å². The van der Waals surface area contributed by atoms with Crippen molar-refractivity contribution in [2.75, 3.05) is 0 Å². The van der Waals surface area contributed by atoms with Crippen LogP contribution in [0, 0.1) is 18.8 Å². The number of thiophene rings is 2. The summed E-state index contributed by atoms with van der Waals surface area (Å²) in [6.07, 6.45) is 1.84. The molecule has 5 rings (SSSR count). The van der Waals surface area contributed by atoms with E-state index in [9.17, 15) is 9.59 Å². The van der Waals surface area contributed by atoms with Crippen LogP contribution in [-0.4, -0.2) is 23.8 Å². The van der Waals surface area contributed by atoms with Gasteiger partial charge in [-0.2, -0.15) is 0 Å². The Bertz CT molecular complexity index is 776. The molecule has 5 atom stereocenters. The summed E-state index contributed by atoms with van der Waals surface area (Å²) in [5.41, 5.74) is 0.933. The Hall–Kier alpha value is -1.30. The van der Waals surface area contributed by atoms with Crippen LogP contribution in [-0.2, 0) is 14.3 Å². The van der Waals surface area contributed by atoms with E-state index >= 15 is 0 Å². The quantitative estimate of drug-likeness (QED) is 0.778. The Morgan fingerprint density at radius 3 is 2.39 bits per heavy atom. The zero-order chi connectivity index (χ0) is 15.7. The lowest BCUT2D eigenvalue weighted by Crippen LogP contribution is -2.29. The molecule has 1 aliphatic carbocycles. The number of ether oxygens (including phenoxy) is 1. The molecule has 1 unspecified atom stereocenters. The molecule has 4 heterocycles. The lowest BCUT2D eigenvalue weighted by Gasteiger charge is -2.16. The Morgan fingerprint density at radius 2 is 1.78 bits per heavy atom. The smallest absolute Gasteiger partial charge is 0.154 e. The molecule has 2 aromatic rings. The Balaban J connectivity index is 1.55. The van der Waals surface area contributed by atoms with Crippen molar-refractivity contribution in [1.82, 2.24) is 0 Å². The normalized spacial score (nSPS) is 35.3. The maximum atomic E-state index is 12.9. The van der Waals surface area contributed by atoms with Gasteiger partial charge in [0.15, 0.2) is 11.6 Å². The number of hydrogen-bond acceptors (Lipinski definition) is 5. The Kier molecular flexibility index (Phi) is 2.97. The van der Waals surface area contributed by atoms with Gasteiger partial charge in [0.2, 0.25) is 0 Å². The van der Waals surface area contributed by atoms with Crippen LogP contribution in [0.25, 0.3) is 9.75 Å². The minimum atomic E-state index is -0.554. The van der Waals surface area contributed by atoms with Crippen LogP contribution in [0.3, 0.4) is 0 Å². The van der Waals surface area contributed by atoms with Crippen molar-refractivity contribution in [2.24, 2.45) is 11.8 Å². The third-order valence-electron chi connectivity index (χ3n) is 5.53. The van der Waals surface area contributed by atoms with Gasteiger partial charge in [-0.3, -0.25) is 9.59 Å². The van der Waals surface area contributed by atoms with Crippen LogP contribution in [0.4, 0.5) is 0 Å². The number of carbonyl (C=O) groups is 2.